The maximum absolute atomic E-state index is 13.2. The molecule has 4 rings (SSSR count). The lowest BCUT2D eigenvalue weighted by Gasteiger charge is -2.24. The molecule has 0 bridgehead atoms. The molecule has 2 heterocycles. The fourth-order valence-electron chi connectivity index (χ4n) is 3.75. The number of nitrogens with one attached hydrogen (secondary N) is 1. The predicted octanol–water partition coefficient (Wildman–Crippen LogP) is 4.31. The van der Waals surface area contributed by atoms with Crippen LogP contribution in [0.3, 0.4) is 0 Å². The molecule has 6 nitrogen and oxygen atoms in total. The Kier molecular flexibility index (Phi) is 5.86. The van der Waals surface area contributed by atoms with Crippen LogP contribution in [0.25, 0.3) is 11.0 Å². The fraction of sp³-hybridized carbons (Fsp3) is 0.333. The molecule has 1 aromatic heterocycles. The first-order valence-corrected chi connectivity index (χ1v) is 10.3. The van der Waals surface area contributed by atoms with Crippen molar-refractivity contribution >= 4 is 28.5 Å². The standard InChI is InChI=1S/C24H26N2O4/c1-16-7-5-10-20(17(16)2)25-23(27)15-26(14-19-9-6-12-29-19)24(28)22-13-18-8-3-4-11-21(18)30-22/h3-5,7-8,10-11,13,19H,6,9,12,14-15H2,1-2H3,(H,25,27)/t19-/m0/s1. The van der Waals surface area contributed by atoms with Gasteiger partial charge in [0.05, 0.1) is 6.10 Å². The van der Waals surface area contributed by atoms with Crippen molar-refractivity contribution in [1.29, 1.82) is 0 Å². The molecule has 1 N–H and O–H groups in total. The molecule has 0 aliphatic carbocycles. The molecule has 1 aliphatic heterocycles. The van der Waals surface area contributed by atoms with E-state index in [4.69, 9.17) is 9.15 Å². The van der Waals surface area contributed by atoms with E-state index in [1.807, 2.05) is 56.3 Å². The minimum absolute atomic E-state index is 0.0631. The van der Waals surface area contributed by atoms with Crippen molar-refractivity contribution in [2.75, 3.05) is 25.0 Å². The summed E-state index contributed by atoms with van der Waals surface area (Å²) in [5.74, 6) is -0.322. The van der Waals surface area contributed by atoms with E-state index < -0.39 is 0 Å². The quantitative estimate of drug-likeness (QED) is 0.662. The van der Waals surface area contributed by atoms with E-state index >= 15 is 0 Å². The van der Waals surface area contributed by atoms with Crippen LogP contribution in [0, 0.1) is 13.8 Å². The smallest absolute Gasteiger partial charge is 0.290 e. The highest BCUT2D eigenvalue weighted by Gasteiger charge is 2.27. The molecule has 0 radical (unpaired) electrons. The van der Waals surface area contributed by atoms with Gasteiger partial charge in [0.25, 0.3) is 5.91 Å². The van der Waals surface area contributed by atoms with E-state index in [0.717, 1.165) is 35.0 Å². The number of furan rings is 1. The zero-order valence-electron chi connectivity index (χ0n) is 17.3. The lowest BCUT2D eigenvalue weighted by molar-refractivity contribution is -0.117. The van der Waals surface area contributed by atoms with Gasteiger partial charge in [-0.1, -0.05) is 30.3 Å². The second kappa shape index (κ2) is 8.71. The van der Waals surface area contributed by atoms with Crippen LogP contribution in [0.1, 0.15) is 34.5 Å². The number of carbonyl (C=O) groups is 2. The number of amides is 2. The summed E-state index contributed by atoms with van der Waals surface area (Å²) < 4.78 is 11.5. The van der Waals surface area contributed by atoms with E-state index in [1.54, 1.807) is 6.07 Å². The Morgan fingerprint density at radius 2 is 1.97 bits per heavy atom. The number of rotatable bonds is 6. The van der Waals surface area contributed by atoms with Crippen molar-refractivity contribution in [3.05, 3.63) is 65.4 Å². The summed E-state index contributed by atoms with van der Waals surface area (Å²) in [4.78, 5) is 27.5. The lowest BCUT2D eigenvalue weighted by atomic mass is 10.1. The van der Waals surface area contributed by atoms with Crippen LogP contribution in [-0.4, -0.2) is 42.5 Å². The summed E-state index contributed by atoms with van der Waals surface area (Å²) in [6, 6.07) is 15.0. The van der Waals surface area contributed by atoms with Gasteiger partial charge in [-0.05, 0) is 56.0 Å². The number of ether oxygens (including phenoxy) is 1. The molecule has 1 atom stereocenters. The van der Waals surface area contributed by atoms with Gasteiger partial charge in [0, 0.05) is 24.2 Å². The van der Waals surface area contributed by atoms with Gasteiger partial charge in [-0.2, -0.15) is 0 Å². The molecule has 30 heavy (non-hydrogen) atoms. The third-order valence-corrected chi connectivity index (χ3v) is 5.58. The molecule has 1 aliphatic rings. The Balaban J connectivity index is 1.53. The van der Waals surface area contributed by atoms with Crippen LogP contribution in [0.15, 0.2) is 52.9 Å². The van der Waals surface area contributed by atoms with Gasteiger partial charge >= 0.3 is 0 Å². The molecule has 6 heteroatoms. The molecule has 0 spiro atoms. The Labute approximate surface area is 175 Å². The topological polar surface area (TPSA) is 71.8 Å². The zero-order valence-corrected chi connectivity index (χ0v) is 17.3. The average molecular weight is 406 g/mol. The zero-order chi connectivity index (χ0) is 21.1. The monoisotopic (exact) mass is 406 g/mol. The first kappa shape index (κ1) is 20.2. The van der Waals surface area contributed by atoms with Crippen molar-refractivity contribution in [1.82, 2.24) is 4.90 Å². The normalized spacial score (nSPS) is 16.0. The van der Waals surface area contributed by atoms with Crippen molar-refractivity contribution in [2.24, 2.45) is 0 Å². The Morgan fingerprint density at radius 1 is 1.13 bits per heavy atom. The molecule has 156 valence electrons. The first-order valence-electron chi connectivity index (χ1n) is 10.3. The average Bonchev–Trinajstić information content (AvgIpc) is 3.40. The number of benzene rings is 2. The number of aryl methyl sites for hydroxylation is 1. The Morgan fingerprint density at radius 3 is 2.73 bits per heavy atom. The van der Waals surface area contributed by atoms with E-state index in [1.165, 1.54) is 4.90 Å². The lowest BCUT2D eigenvalue weighted by Crippen LogP contribution is -2.42. The van der Waals surface area contributed by atoms with E-state index in [-0.39, 0.29) is 30.2 Å². The van der Waals surface area contributed by atoms with Crippen molar-refractivity contribution in [3.63, 3.8) is 0 Å². The third-order valence-electron chi connectivity index (χ3n) is 5.58. The molecule has 1 fully saturated rings. The predicted molar refractivity (Wildman–Crippen MR) is 116 cm³/mol. The second-order valence-electron chi connectivity index (χ2n) is 7.76. The van der Waals surface area contributed by atoms with Crippen molar-refractivity contribution in [2.45, 2.75) is 32.8 Å². The molecular formula is C24H26N2O4. The summed E-state index contributed by atoms with van der Waals surface area (Å²) in [5, 5.41) is 3.79. The SMILES string of the molecule is Cc1cccc(NC(=O)CN(C[C@@H]2CCCO2)C(=O)c2cc3ccccc3o2)c1C. The first-order chi connectivity index (χ1) is 14.5. The molecule has 3 aromatic rings. The number of para-hydroxylation sites is 1. The Hall–Kier alpha value is -3.12. The second-order valence-corrected chi connectivity index (χ2v) is 7.76. The maximum atomic E-state index is 13.2. The number of anilines is 1. The van der Waals surface area contributed by atoms with Gasteiger partial charge in [0.2, 0.25) is 5.91 Å². The molecule has 2 amide bonds. The number of carbonyl (C=O) groups excluding carboxylic acids is 2. The molecule has 0 unspecified atom stereocenters. The van der Waals surface area contributed by atoms with E-state index in [2.05, 4.69) is 5.32 Å². The highest BCUT2D eigenvalue weighted by atomic mass is 16.5. The van der Waals surface area contributed by atoms with Crippen LogP contribution in [0.5, 0.6) is 0 Å². The van der Waals surface area contributed by atoms with Crippen LogP contribution in [0.2, 0.25) is 0 Å². The number of hydrogen-bond donors (Lipinski definition) is 1. The van der Waals surface area contributed by atoms with Crippen LogP contribution < -0.4 is 5.32 Å². The number of fused-ring (bicyclic) bond motifs is 1. The van der Waals surface area contributed by atoms with Gasteiger partial charge in [0.15, 0.2) is 5.76 Å². The van der Waals surface area contributed by atoms with Crippen molar-refractivity contribution < 1.29 is 18.7 Å². The highest BCUT2D eigenvalue weighted by Crippen LogP contribution is 2.22. The largest absolute Gasteiger partial charge is 0.451 e. The number of hydrogen-bond acceptors (Lipinski definition) is 4. The van der Waals surface area contributed by atoms with Crippen LogP contribution in [0.4, 0.5) is 5.69 Å². The molecule has 2 aromatic carbocycles. The highest BCUT2D eigenvalue weighted by molar-refractivity contribution is 6.00. The van der Waals surface area contributed by atoms with Gasteiger partial charge in [-0.25, -0.2) is 0 Å². The van der Waals surface area contributed by atoms with Crippen LogP contribution in [-0.2, 0) is 9.53 Å². The summed E-state index contributed by atoms with van der Waals surface area (Å²) >= 11 is 0. The van der Waals surface area contributed by atoms with Gasteiger partial charge in [-0.3, -0.25) is 9.59 Å². The fourth-order valence-corrected chi connectivity index (χ4v) is 3.75. The Bertz CT molecular complexity index is 1030. The maximum Gasteiger partial charge on any atom is 0.290 e. The minimum atomic E-state index is -0.308. The van der Waals surface area contributed by atoms with Crippen LogP contribution >= 0.6 is 0 Å². The van der Waals surface area contributed by atoms with Gasteiger partial charge in [0.1, 0.15) is 12.1 Å². The minimum Gasteiger partial charge on any atom is -0.451 e. The van der Waals surface area contributed by atoms with Crippen molar-refractivity contribution in [3.8, 4) is 0 Å². The summed E-state index contributed by atoms with van der Waals surface area (Å²) in [6.07, 6.45) is 1.78. The molecule has 1 saturated heterocycles. The third kappa shape index (κ3) is 4.39. The molecular weight excluding hydrogens is 380 g/mol. The number of nitrogens with zero attached hydrogens (tertiary/aromatic N) is 1. The van der Waals surface area contributed by atoms with E-state index in [9.17, 15) is 9.59 Å². The van der Waals surface area contributed by atoms with Gasteiger partial charge in [-0.15, -0.1) is 0 Å². The summed E-state index contributed by atoms with van der Waals surface area (Å²) in [7, 11) is 0. The van der Waals surface area contributed by atoms with E-state index in [0.29, 0.717) is 18.7 Å². The summed E-state index contributed by atoms with van der Waals surface area (Å²) in [6.45, 7) is 4.94. The molecule has 0 saturated carbocycles. The van der Waals surface area contributed by atoms with Gasteiger partial charge < -0.3 is 19.4 Å². The summed E-state index contributed by atoms with van der Waals surface area (Å²) in [5.41, 5.74) is 3.52.